The number of phenols is 1. The van der Waals surface area contributed by atoms with Gasteiger partial charge in [-0.1, -0.05) is 42.5 Å². The standard InChI is InChI=1S/C28H23N3O4/c1-31-22-11-5-4-10-20(22)27(34)26(28(31)35)24(33)15-21(30-18-8-6-14-29-16-18)25-19-9-3-2-7-17(19)12-13-23(25)32/h2-14,16,21,30,32,34H,15H2,1H3/t21-/m1/s1. The predicted octanol–water partition coefficient (Wildman–Crippen LogP) is 4.92. The smallest absolute Gasteiger partial charge is 0.265 e. The van der Waals surface area contributed by atoms with Crippen LogP contribution in [-0.4, -0.2) is 25.5 Å². The fraction of sp³-hybridized carbons (Fsp3) is 0.107. The molecule has 0 aliphatic rings. The second-order valence-electron chi connectivity index (χ2n) is 8.39. The van der Waals surface area contributed by atoms with Crippen molar-refractivity contribution in [1.29, 1.82) is 0 Å². The van der Waals surface area contributed by atoms with Crippen molar-refractivity contribution in [2.24, 2.45) is 7.05 Å². The number of carbonyl (C=O) groups is 1. The Morgan fingerprint density at radius 2 is 1.71 bits per heavy atom. The summed E-state index contributed by atoms with van der Waals surface area (Å²) in [6, 6.07) is 20.7. The number of rotatable bonds is 6. The molecular weight excluding hydrogens is 442 g/mol. The number of aromatic nitrogens is 2. The number of hydrogen-bond donors (Lipinski definition) is 3. The number of nitrogens with zero attached hydrogens (tertiary/aromatic N) is 2. The molecule has 0 amide bonds. The SMILES string of the molecule is Cn1c(=O)c(C(=O)C[C@@H](Nc2cccnc2)c2c(O)ccc3ccccc23)c(O)c2ccccc21. The summed E-state index contributed by atoms with van der Waals surface area (Å²) in [5.74, 6) is -0.855. The van der Waals surface area contributed by atoms with E-state index in [1.165, 1.54) is 4.57 Å². The molecule has 7 nitrogen and oxygen atoms in total. The lowest BCUT2D eigenvalue weighted by Gasteiger charge is -2.23. The largest absolute Gasteiger partial charge is 0.508 e. The van der Waals surface area contributed by atoms with Crippen LogP contribution in [0.25, 0.3) is 21.7 Å². The first-order valence-electron chi connectivity index (χ1n) is 11.2. The van der Waals surface area contributed by atoms with Crippen LogP contribution in [0.3, 0.4) is 0 Å². The van der Waals surface area contributed by atoms with Gasteiger partial charge in [-0.2, -0.15) is 0 Å². The molecule has 0 radical (unpaired) electrons. The molecule has 2 heterocycles. The Kier molecular flexibility index (Phi) is 5.66. The molecule has 0 bridgehead atoms. The number of pyridine rings is 2. The third-order valence-electron chi connectivity index (χ3n) is 6.24. The van der Waals surface area contributed by atoms with Gasteiger partial charge in [-0.3, -0.25) is 14.6 Å². The van der Waals surface area contributed by atoms with Gasteiger partial charge in [0.15, 0.2) is 5.78 Å². The Morgan fingerprint density at radius 1 is 0.971 bits per heavy atom. The summed E-state index contributed by atoms with van der Waals surface area (Å²) in [5.41, 5.74) is 0.853. The molecule has 0 saturated heterocycles. The number of aromatic hydroxyl groups is 2. The maximum absolute atomic E-state index is 13.6. The fourth-order valence-corrected chi connectivity index (χ4v) is 4.54. The van der Waals surface area contributed by atoms with E-state index in [1.54, 1.807) is 61.9 Å². The zero-order valence-corrected chi connectivity index (χ0v) is 19.0. The van der Waals surface area contributed by atoms with E-state index in [0.717, 1.165) is 10.8 Å². The molecule has 0 aliphatic carbocycles. The third-order valence-corrected chi connectivity index (χ3v) is 6.24. The van der Waals surface area contributed by atoms with Crippen molar-refractivity contribution in [3.05, 3.63) is 107 Å². The molecular formula is C28H23N3O4. The van der Waals surface area contributed by atoms with Crippen LogP contribution in [0.5, 0.6) is 11.5 Å². The number of carbonyl (C=O) groups excluding carboxylic acids is 1. The highest BCUT2D eigenvalue weighted by atomic mass is 16.3. The molecule has 0 aliphatic heterocycles. The second-order valence-corrected chi connectivity index (χ2v) is 8.39. The number of fused-ring (bicyclic) bond motifs is 2. The van der Waals surface area contributed by atoms with Gasteiger partial charge in [0.25, 0.3) is 5.56 Å². The average molecular weight is 466 g/mol. The van der Waals surface area contributed by atoms with E-state index < -0.39 is 17.4 Å². The van der Waals surface area contributed by atoms with Crippen LogP contribution in [0.4, 0.5) is 5.69 Å². The maximum atomic E-state index is 13.6. The maximum Gasteiger partial charge on any atom is 0.265 e. The monoisotopic (exact) mass is 465 g/mol. The lowest BCUT2D eigenvalue weighted by molar-refractivity contribution is 0.0972. The number of benzene rings is 3. The number of aryl methyl sites for hydroxylation is 1. The fourth-order valence-electron chi connectivity index (χ4n) is 4.54. The van der Waals surface area contributed by atoms with Crippen molar-refractivity contribution < 1.29 is 15.0 Å². The van der Waals surface area contributed by atoms with Crippen LogP contribution < -0.4 is 10.9 Å². The number of hydrogen-bond acceptors (Lipinski definition) is 6. The van der Waals surface area contributed by atoms with Gasteiger partial charge in [-0.05, 0) is 41.1 Å². The minimum absolute atomic E-state index is 0.0218. The van der Waals surface area contributed by atoms with Crippen LogP contribution in [0.1, 0.15) is 28.4 Å². The molecule has 2 aromatic heterocycles. The number of phenolic OH excluding ortho intramolecular Hbond substituents is 1. The first kappa shape index (κ1) is 22.2. The Labute approximate surface area is 200 Å². The summed E-state index contributed by atoms with van der Waals surface area (Å²) < 4.78 is 1.36. The van der Waals surface area contributed by atoms with E-state index in [0.29, 0.717) is 22.2 Å². The Morgan fingerprint density at radius 3 is 2.49 bits per heavy atom. The highest BCUT2D eigenvalue weighted by Gasteiger charge is 2.27. The van der Waals surface area contributed by atoms with Crippen molar-refractivity contribution in [3.8, 4) is 11.5 Å². The average Bonchev–Trinajstić information content (AvgIpc) is 2.88. The van der Waals surface area contributed by atoms with Gasteiger partial charge in [0.2, 0.25) is 0 Å². The Hall–Kier alpha value is -4.65. The predicted molar refractivity (Wildman–Crippen MR) is 136 cm³/mol. The summed E-state index contributed by atoms with van der Waals surface area (Å²) in [6.45, 7) is 0. The van der Waals surface area contributed by atoms with E-state index in [2.05, 4.69) is 10.3 Å². The van der Waals surface area contributed by atoms with Crippen molar-refractivity contribution in [3.63, 3.8) is 0 Å². The first-order valence-corrected chi connectivity index (χ1v) is 11.2. The zero-order valence-electron chi connectivity index (χ0n) is 19.0. The molecule has 35 heavy (non-hydrogen) atoms. The van der Waals surface area contributed by atoms with E-state index in [9.17, 15) is 19.8 Å². The van der Waals surface area contributed by atoms with E-state index >= 15 is 0 Å². The first-order chi connectivity index (χ1) is 17.0. The molecule has 0 fully saturated rings. The molecule has 3 aromatic carbocycles. The molecule has 0 unspecified atom stereocenters. The number of nitrogens with one attached hydrogen (secondary N) is 1. The lowest BCUT2D eigenvalue weighted by atomic mass is 9.92. The summed E-state index contributed by atoms with van der Waals surface area (Å²) in [6.07, 6.45) is 3.07. The van der Waals surface area contributed by atoms with Gasteiger partial charge >= 0.3 is 0 Å². The summed E-state index contributed by atoms with van der Waals surface area (Å²) in [7, 11) is 1.57. The van der Waals surface area contributed by atoms with Crippen LogP contribution >= 0.6 is 0 Å². The van der Waals surface area contributed by atoms with Gasteiger partial charge < -0.3 is 20.1 Å². The van der Waals surface area contributed by atoms with Crippen LogP contribution in [0.15, 0.2) is 90.0 Å². The molecule has 5 aromatic rings. The number of ketones is 1. The van der Waals surface area contributed by atoms with Gasteiger partial charge in [-0.25, -0.2) is 0 Å². The number of anilines is 1. The van der Waals surface area contributed by atoms with Crippen molar-refractivity contribution >= 4 is 33.1 Å². The number of Topliss-reactive ketones (excluding diaryl/α,β-unsaturated/α-hetero) is 1. The molecule has 174 valence electrons. The van der Waals surface area contributed by atoms with Crippen LogP contribution in [0, 0.1) is 0 Å². The normalized spacial score (nSPS) is 12.0. The van der Waals surface area contributed by atoms with Gasteiger partial charge in [0.1, 0.15) is 17.1 Å². The van der Waals surface area contributed by atoms with Gasteiger partial charge in [-0.15, -0.1) is 0 Å². The molecule has 0 spiro atoms. The van der Waals surface area contributed by atoms with Crippen molar-refractivity contribution in [2.75, 3.05) is 5.32 Å². The quantitative estimate of drug-likeness (QED) is 0.307. The van der Waals surface area contributed by atoms with Gasteiger partial charge in [0, 0.05) is 36.8 Å². The van der Waals surface area contributed by atoms with Crippen molar-refractivity contribution in [2.45, 2.75) is 12.5 Å². The molecule has 3 N–H and O–H groups in total. The highest BCUT2D eigenvalue weighted by Crippen LogP contribution is 2.37. The molecule has 0 saturated carbocycles. The minimum atomic E-state index is -0.701. The Balaban J connectivity index is 1.64. The third kappa shape index (κ3) is 3.97. The van der Waals surface area contributed by atoms with Crippen molar-refractivity contribution in [1.82, 2.24) is 9.55 Å². The highest BCUT2D eigenvalue weighted by molar-refractivity contribution is 6.04. The van der Waals surface area contributed by atoms with Crippen LogP contribution in [0.2, 0.25) is 0 Å². The molecule has 7 heteroatoms. The Bertz CT molecular complexity index is 1630. The van der Waals surface area contributed by atoms with Crippen LogP contribution in [-0.2, 0) is 7.05 Å². The summed E-state index contributed by atoms with van der Waals surface area (Å²) in [4.78, 5) is 30.8. The van der Waals surface area contributed by atoms with E-state index in [1.807, 2.05) is 30.3 Å². The minimum Gasteiger partial charge on any atom is -0.508 e. The second kappa shape index (κ2) is 8.95. The van der Waals surface area contributed by atoms with Gasteiger partial charge in [0.05, 0.1) is 17.2 Å². The van der Waals surface area contributed by atoms with E-state index in [4.69, 9.17) is 0 Å². The number of para-hydroxylation sites is 1. The lowest BCUT2D eigenvalue weighted by Crippen LogP contribution is -2.27. The van der Waals surface area contributed by atoms with E-state index in [-0.39, 0.29) is 23.5 Å². The summed E-state index contributed by atoms with van der Waals surface area (Å²) in [5, 5.41) is 27.1. The molecule has 1 atom stereocenters. The summed E-state index contributed by atoms with van der Waals surface area (Å²) >= 11 is 0. The zero-order chi connectivity index (χ0) is 24.5. The topological polar surface area (TPSA) is 104 Å². The molecule has 5 rings (SSSR count).